The van der Waals surface area contributed by atoms with Crippen LogP contribution < -0.4 is 10.5 Å². The molecule has 148 valence electrons. The van der Waals surface area contributed by atoms with Gasteiger partial charge in [0.15, 0.2) is 0 Å². The van der Waals surface area contributed by atoms with Gasteiger partial charge in [-0.3, -0.25) is 0 Å². The van der Waals surface area contributed by atoms with E-state index in [9.17, 15) is 0 Å². The van der Waals surface area contributed by atoms with Gasteiger partial charge in [-0.2, -0.15) is 0 Å². The fourth-order valence-corrected chi connectivity index (χ4v) is 4.50. The highest BCUT2D eigenvalue weighted by Crippen LogP contribution is 2.40. The number of unbranched alkanes of at least 4 members (excludes halogenated alkanes) is 1. The Kier molecular flexibility index (Phi) is 6.24. The number of nitrogens with one attached hydrogen (secondary N) is 1. The molecule has 4 rings (SSSR count). The van der Waals surface area contributed by atoms with Gasteiger partial charge in [0.05, 0.1) is 11.2 Å². The SMILES string of the molecule is NCCCCc1c(-c2ccccc2Oc2ccccc2)[nH]c2c(Br)cc(Cl)cc12. The number of benzene rings is 3. The fraction of sp³-hybridized carbons (Fsp3) is 0.167. The Morgan fingerprint density at radius 3 is 2.52 bits per heavy atom. The Balaban J connectivity index is 1.85. The molecular formula is C24H22BrClN2O. The van der Waals surface area contributed by atoms with Crippen molar-refractivity contribution in [3.05, 3.63) is 81.8 Å². The maximum Gasteiger partial charge on any atom is 0.136 e. The molecule has 1 heterocycles. The number of aromatic nitrogens is 1. The van der Waals surface area contributed by atoms with E-state index in [0.717, 1.165) is 57.4 Å². The van der Waals surface area contributed by atoms with Gasteiger partial charge < -0.3 is 15.5 Å². The summed E-state index contributed by atoms with van der Waals surface area (Å²) in [4.78, 5) is 3.61. The standard InChI is InChI=1S/C24H22BrClN2O/c25-21-15-16(26)14-20-18(10-6-7-13-27)23(28-24(20)21)19-11-4-5-12-22(19)29-17-8-2-1-3-9-17/h1-5,8-9,11-12,14-15,28H,6-7,10,13,27H2. The molecule has 0 aliphatic heterocycles. The monoisotopic (exact) mass is 468 g/mol. The maximum atomic E-state index is 6.36. The average Bonchev–Trinajstić information content (AvgIpc) is 3.08. The number of fused-ring (bicyclic) bond motifs is 1. The van der Waals surface area contributed by atoms with Crippen LogP contribution in [0.2, 0.25) is 5.02 Å². The lowest BCUT2D eigenvalue weighted by Crippen LogP contribution is -1.99. The van der Waals surface area contributed by atoms with Crippen LogP contribution in [0.1, 0.15) is 18.4 Å². The highest BCUT2D eigenvalue weighted by molar-refractivity contribution is 9.10. The maximum absolute atomic E-state index is 6.36. The Bertz CT molecular complexity index is 1120. The first-order valence-electron chi connectivity index (χ1n) is 9.69. The van der Waals surface area contributed by atoms with Crippen molar-refractivity contribution < 1.29 is 4.74 Å². The van der Waals surface area contributed by atoms with Crippen molar-refractivity contribution in [3.63, 3.8) is 0 Å². The summed E-state index contributed by atoms with van der Waals surface area (Å²) in [6.07, 6.45) is 2.91. The molecular weight excluding hydrogens is 448 g/mol. The van der Waals surface area contributed by atoms with Gasteiger partial charge in [0.1, 0.15) is 11.5 Å². The first kappa shape index (κ1) is 20.0. The van der Waals surface area contributed by atoms with E-state index in [1.165, 1.54) is 5.56 Å². The quantitative estimate of drug-likeness (QED) is 0.278. The zero-order chi connectivity index (χ0) is 20.2. The lowest BCUT2D eigenvalue weighted by molar-refractivity contribution is 0.484. The van der Waals surface area contributed by atoms with E-state index < -0.39 is 0 Å². The Labute approximate surface area is 184 Å². The van der Waals surface area contributed by atoms with Crippen LogP contribution in [0.3, 0.4) is 0 Å². The fourth-order valence-electron chi connectivity index (χ4n) is 3.59. The second kappa shape index (κ2) is 9.04. The van der Waals surface area contributed by atoms with Gasteiger partial charge >= 0.3 is 0 Å². The number of hydrogen-bond donors (Lipinski definition) is 2. The van der Waals surface area contributed by atoms with Crippen LogP contribution in [0.15, 0.2) is 71.2 Å². The predicted octanol–water partition coefficient (Wildman–Crippen LogP) is 7.32. The minimum atomic E-state index is 0.690. The minimum absolute atomic E-state index is 0.690. The number of nitrogens with two attached hydrogens (primary N) is 1. The summed E-state index contributed by atoms with van der Waals surface area (Å²) in [7, 11) is 0. The third-order valence-electron chi connectivity index (χ3n) is 4.94. The lowest BCUT2D eigenvalue weighted by atomic mass is 9.99. The number of halogens is 2. The third kappa shape index (κ3) is 4.35. The molecule has 0 bridgehead atoms. The van der Waals surface area contributed by atoms with Crippen molar-refractivity contribution >= 4 is 38.4 Å². The van der Waals surface area contributed by atoms with E-state index in [0.29, 0.717) is 11.6 Å². The van der Waals surface area contributed by atoms with E-state index in [1.54, 1.807) is 0 Å². The second-order valence-electron chi connectivity index (χ2n) is 6.95. The zero-order valence-electron chi connectivity index (χ0n) is 15.9. The van der Waals surface area contributed by atoms with Gasteiger partial charge in [-0.1, -0.05) is 41.9 Å². The van der Waals surface area contributed by atoms with Gasteiger partial charge in [0, 0.05) is 20.4 Å². The molecule has 0 atom stereocenters. The largest absolute Gasteiger partial charge is 0.457 e. The van der Waals surface area contributed by atoms with Crippen LogP contribution in [-0.2, 0) is 6.42 Å². The highest BCUT2D eigenvalue weighted by atomic mass is 79.9. The van der Waals surface area contributed by atoms with Crippen LogP contribution in [-0.4, -0.2) is 11.5 Å². The summed E-state index contributed by atoms with van der Waals surface area (Å²) in [6, 6.07) is 21.9. The Hall–Kier alpha value is -2.27. The molecule has 0 fully saturated rings. The summed E-state index contributed by atoms with van der Waals surface area (Å²) in [5, 5.41) is 1.84. The Morgan fingerprint density at radius 2 is 1.72 bits per heavy atom. The summed E-state index contributed by atoms with van der Waals surface area (Å²) >= 11 is 10.0. The van der Waals surface area contributed by atoms with Crippen LogP contribution in [0.25, 0.3) is 22.2 Å². The number of rotatable bonds is 7. The number of para-hydroxylation sites is 2. The molecule has 0 saturated carbocycles. The summed E-state index contributed by atoms with van der Waals surface area (Å²) in [5.74, 6) is 1.62. The summed E-state index contributed by atoms with van der Waals surface area (Å²) in [5.41, 5.74) is 10.1. The Morgan fingerprint density at radius 1 is 0.966 bits per heavy atom. The first-order valence-corrected chi connectivity index (χ1v) is 10.9. The molecule has 0 saturated heterocycles. The molecule has 3 aromatic carbocycles. The number of aryl methyl sites for hydroxylation is 1. The van der Waals surface area contributed by atoms with Gasteiger partial charge in [-0.05, 0) is 83.7 Å². The first-order chi connectivity index (χ1) is 14.2. The summed E-state index contributed by atoms with van der Waals surface area (Å²) < 4.78 is 7.17. The van der Waals surface area contributed by atoms with E-state index in [4.69, 9.17) is 22.1 Å². The van der Waals surface area contributed by atoms with Gasteiger partial charge in [0.2, 0.25) is 0 Å². The van der Waals surface area contributed by atoms with Gasteiger partial charge in [0.25, 0.3) is 0 Å². The molecule has 0 radical (unpaired) electrons. The van der Waals surface area contributed by atoms with E-state index in [1.807, 2.05) is 60.7 Å². The van der Waals surface area contributed by atoms with Crippen molar-refractivity contribution in [2.24, 2.45) is 5.73 Å². The van der Waals surface area contributed by atoms with Crippen LogP contribution in [0.5, 0.6) is 11.5 Å². The number of ether oxygens (including phenoxy) is 1. The van der Waals surface area contributed by atoms with E-state index in [-0.39, 0.29) is 0 Å². The molecule has 0 aliphatic carbocycles. The second-order valence-corrected chi connectivity index (χ2v) is 8.24. The van der Waals surface area contributed by atoms with Crippen LogP contribution >= 0.6 is 27.5 Å². The highest BCUT2D eigenvalue weighted by Gasteiger charge is 2.18. The molecule has 0 spiro atoms. The van der Waals surface area contributed by atoms with Gasteiger partial charge in [-0.15, -0.1) is 0 Å². The molecule has 3 N–H and O–H groups in total. The smallest absolute Gasteiger partial charge is 0.136 e. The molecule has 0 aliphatic rings. The predicted molar refractivity (Wildman–Crippen MR) is 125 cm³/mol. The minimum Gasteiger partial charge on any atom is -0.457 e. The molecule has 5 heteroatoms. The van der Waals surface area contributed by atoms with Crippen LogP contribution in [0.4, 0.5) is 0 Å². The zero-order valence-corrected chi connectivity index (χ0v) is 18.3. The number of hydrogen-bond acceptors (Lipinski definition) is 2. The van der Waals surface area contributed by atoms with Crippen molar-refractivity contribution in [1.29, 1.82) is 0 Å². The topological polar surface area (TPSA) is 51.0 Å². The van der Waals surface area contributed by atoms with Crippen molar-refractivity contribution in [2.45, 2.75) is 19.3 Å². The molecule has 1 aromatic heterocycles. The molecule has 3 nitrogen and oxygen atoms in total. The molecule has 4 aromatic rings. The lowest BCUT2D eigenvalue weighted by Gasteiger charge is -2.12. The molecule has 29 heavy (non-hydrogen) atoms. The average molecular weight is 470 g/mol. The number of H-pyrrole nitrogens is 1. The third-order valence-corrected chi connectivity index (χ3v) is 5.78. The van der Waals surface area contributed by atoms with E-state index >= 15 is 0 Å². The van der Waals surface area contributed by atoms with Crippen molar-refractivity contribution in [1.82, 2.24) is 4.98 Å². The molecule has 0 amide bonds. The van der Waals surface area contributed by atoms with Crippen LogP contribution in [0, 0.1) is 0 Å². The van der Waals surface area contributed by atoms with Crippen molar-refractivity contribution in [2.75, 3.05) is 6.54 Å². The normalized spacial score (nSPS) is 11.1. The number of aromatic amines is 1. The summed E-state index contributed by atoms with van der Waals surface area (Å²) in [6.45, 7) is 0.690. The van der Waals surface area contributed by atoms with Crippen molar-refractivity contribution in [3.8, 4) is 22.8 Å². The molecule has 0 unspecified atom stereocenters. The van der Waals surface area contributed by atoms with Gasteiger partial charge in [-0.25, -0.2) is 0 Å². The van der Waals surface area contributed by atoms with E-state index in [2.05, 4.69) is 27.0 Å².